The van der Waals surface area contributed by atoms with E-state index in [1.165, 1.54) is 82.1 Å². The zero-order chi connectivity index (χ0) is 24.1. The molecule has 3 nitrogen and oxygen atoms in total. The van der Waals surface area contributed by atoms with Gasteiger partial charge in [0.15, 0.2) is 0 Å². The topological polar surface area (TPSA) is 14.2 Å². The summed E-state index contributed by atoms with van der Waals surface area (Å²) < 4.78 is 9.69. The van der Waals surface area contributed by atoms with Crippen molar-refractivity contribution in [3.05, 3.63) is 71.8 Å². The maximum atomic E-state index is 6.08. The maximum absolute atomic E-state index is 6.08. The summed E-state index contributed by atoms with van der Waals surface area (Å²) >= 11 is 0. The number of hydrogen-bond acceptors (Lipinski definition) is 1. The van der Waals surface area contributed by atoms with Gasteiger partial charge in [-0.2, -0.15) is 0 Å². The average Bonchev–Trinajstić information content (AvgIpc) is 3.17. The molecule has 0 saturated carbocycles. The Labute approximate surface area is 205 Å². The molecule has 4 aromatic rings. The molecular formula is C31H41N2O+. The van der Waals surface area contributed by atoms with E-state index in [1.807, 2.05) is 0 Å². The van der Waals surface area contributed by atoms with E-state index in [0.29, 0.717) is 0 Å². The highest BCUT2D eigenvalue weighted by atomic mass is 16.5. The summed E-state index contributed by atoms with van der Waals surface area (Å²) in [6.45, 7) is 17.1. The van der Waals surface area contributed by atoms with Crippen LogP contribution in [0.4, 0.5) is 0 Å². The van der Waals surface area contributed by atoms with Crippen molar-refractivity contribution in [2.45, 2.75) is 53.9 Å². The van der Waals surface area contributed by atoms with Crippen LogP contribution in [-0.2, 0) is 0 Å². The molecule has 0 amide bonds. The average molecular weight is 458 g/mol. The molecule has 4 rings (SSSR count). The van der Waals surface area contributed by atoms with Crippen LogP contribution in [0.3, 0.4) is 0 Å². The summed E-state index contributed by atoms with van der Waals surface area (Å²) in [6.07, 6.45) is 3.63. The third-order valence-corrected chi connectivity index (χ3v) is 7.73. The lowest BCUT2D eigenvalue weighted by atomic mass is 10.1. The van der Waals surface area contributed by atoms with Gasteiger partial charge in [0.1, 0.15) is 5.75 Å². The molecule has 3 aromatic carbocycles. The van der Waals surface area contributed by atoms with Crippen molar-refractivity contribution in [3.63, 3.8) is 0 Å². The zero-order valence-electron chi connectivity index (χ0n) is 21.7. The van der Waals surface area contributed by atoms with E-state index in [-0.39, 0.29) is 0 Å². The predicted molar refractivity (Wildman–Crippen MR) is 146 cm³/mol. The Morgan fingerprint density at radius 2 is 1.24 bits per heavy atom. The fourth-order valence-electron chi connectivity index (χ4n) is 5.28. The number of nitrogens with zero attached hydrogens (tertiary/aromatic N) is 2. The van der Waals surface area contributed by atoms with Gasteiger partial charge < -0.3 is 13.8 Å². The lowest BCUT2D eigenvalue weighted by molar-refractivity contribution is -0.923. The molecule has 34 heavy (non-hydrogen) atoms. The number of quaternary nitrogens is 1. The van der Waals surface area contributed by atoms with Gasteiger partial charge in [-0.15, -0.1) is 0 Å². The smallest absolute Gasteiger partial charge is 0.119 e. The fourth-order valence-corrected chi connectivity index (χ4v) is 5.28. The first-order valence-electron chi connectivity index (χ1n) is 13.1. The molecule has 0 fully saturated rings. The predicted octanol–water partition coefficient (Wildman–Crippen LogP) is 7.83. The minimum Gasteiger partial charge on any atom is -0.494 e. The van der Waals surface area contributed by atoms with E-state index in [1.54, 1.807) is 0 Å². The van der Waals surface area contributed by atoms with Crippen molar-refractivity contribution < 1.29 is 9.22 Å². The molecule has 3 heteroatoms. The van der Waals surface area contributed by atoms with Gasteiger partial charge in [0.2, 0.25) is 0 Å². The van der Waals surface area contributed by atoms with Crippen LogP contribution in [-0.4, -0.2) is 41.8 Å². The molecule has 0 aliphatic carbocycles. The van der Waals surface area contributed by atoms with Gasteiger partial charge >= 0.3 is 0 Å². The van der Waals surface area contributed by atoms with E-state index in [4.69, 9.17) is 4.74 Å². The number of fused-ring (bicyclic) bond motifs is 3. The van der Waals surface area contributed by atoms with E-state index in [9.17, 15) is 0 Å². The summed E-state index contributed by atoms with van der Waals surface area (Å²) in [5.74, 6) is 0.956. The second kappa shape index (κ2) is 10.7. The Morgan fingerprint density at radius 1 is 0.676 bits per heavy atom. The SMILES string of the molecule is CC[N+](CC)(CC)CCCCCOc1ccc(-n2c3ccc(C)cc3c3cc(C)ccc32)cc1. The minimum absolute atomic E-state index is 0.789. The van der Waals surface area contributed by atoms with Gasteiger partial charge in [0.25, 0.3) is 0 Å². The van der Waals surface area contributed by atoms with Crippen LogP contribution in [0.15, 0.2) is 60.7 Å². The highest BCUT2D eigenvalue weighted by molar-refractivity contribution is 6.09. The summed E-state index contributed by atoms with van der Waals surface area (Å²) in [6, 6.07) is 22.1. The summed E-state index contributed by atoms with van der Waals surface area (Å²) in [5.41, 5.74) is 6.26. The van der Waals surface area contributed by atoms with Crippen LogP contribution in [0.2, 0.25) is 0 Å². The first-order valence-corrected chi connectivity index (χ1v) is 13.1. The van der Waals surface area contributed by atoms with Crippen molar-refractivity contribution >= 4 is 21.8 Å². The number of ether oxygens (including phenoxy) is 1. The number of aromatic nitrogens is 1. The largest absolute Gasteiger partial charge is 0.494 e. The standard InChI is InChI=1S/C31H41N2O/c1-6-33(7-2,8-3)20-10-9-11-21-34-27-16-14-26(15-17-27)32-30-18-12-24(4)22-28(30)29-23-25(5)13-19-31(29)32/h12-19,22-23H,6-11,20-21H2,1-5H3/q+1. The first kappa shape index (κ1) is 24.3. The fraction of sp³-hybridized carbons (Fsp3) is 0.419. The van der Waals surface area contributed by atoms with Gasteiger partial charge in [0, 0.05) is 16.5 Å². The van der Waals surface area contributed by atoms with Gasteiger partial charge in [0.05, 0.1) is 43.8 Å². The highest BCUT2D eigenvalue weighted by Crippen LogP contribution is 2.33. The van der Waals surface area contributed by atoms with Crippen molar-refractivity contribution in [2.24, 2.45) is 0 Å². The number of rotatable bonds is 11. The molecule has 0 bridgehead atoms. The molecule has 0 spiro atoms. The Kier molecular flexibility index (Phi) is 7.63. The molecule has 0 aliphatic rings. The van der Waals surface area contributed by atoms with Gasteiger partial charge in [-0.3, -0.25) is 0 Å². The number of benzene rings is 3. The van der Waals surface area contributed by atoms with Crippen molar-refractivity contribution in [1.29, 1.82) is 0 Å². The van der Waals surface area contributed by atoms with Crippen LogP contribution in [0.1, 0.15) is 51.2 Å². The minimum atomic E-state index is 0.789. The van der Waals surface area contributed by atoms with Gasteiger partial charge in [-0.25, -0.2) is 0 Å². The van der Waals surface area contributed by atoms with E-state index < -0.39 is 0 Å². The Balaban J connectivity index is 1.42. The second-order valence-corrected chi connectivity index (χ2v) is 9.79. The highest BCUT2D eigenvalue weighted by Gasteiger charge is 2.19. The third-order valence-electron chi connectivity index (χ3n) is 7.73. The first-order chi connectivity index (χ1) is 16.5. The second-order valence-electron chi connectivity index (χ2n) is 9.79. The lowest BCUT2D eigenvalue weighted by Crippen LogP contribution is -2.48. The van der Waals surface area contributed by atoms with Crippen LogP contribution in [0.25, 0.3) is 27.5 Å². The van der Waals surface area contributed by atoms with E-state index in [2.05, 4.69) is 99.8 Å². The molecule has 0 radical (unpaired) electrons. The molecule has 180 valence electrons. The third kappa shape index (κ3) is 5.00. The van der Waals surface area contributed by atoms with Crippen LogP contribution in [0, 0.1) is 13.8 Å². The molecular weight excluding hydrogens is 416 g/mol. The molecule has 0 atom stereocenters. The van der Waals surface area contributed by atoms with Crippen LogP contribution >= 0.6 is 0 Å². The monoisotopic (exact) mass is 457 g/mol. The van der Waals surface area contributed by atoms with E-state index in [0.717, 1.165) is 18.8 Å². The van der Waals surface area contributed by atoms with Crippen molar-refractivity contribution in [3.8, 4) is 11.4 Å². The molecule has 0 N–H and O–H groups in total. The number of hydrogen-bond donors (Lipinski definition) is 0. The van der Waals surface area contributed by atoms with Gasteiger partial charge in [-0.1, -0.05) is 23.3 Å². The van der Waals surface area contributed by atoms with Gasteiger partial charge in [-0.05, 0) is 102 Å². The Hall–Kier alpha value is -2.78. The zero-order valence-corrected chi connectivity index (χ0v) is 21.7. The van der Waals surface area contributed by atoms with Crippen LogP contribution in [0.5, 0.6) is 5.75 Å². The van der Waals surface area contributed by atoms with Crippen LogP contribution < -0.4 is 4.74 Å². The maximum Gasteiger partial charge on any atom is 0.119 e. The Bertz CT molecular complexity index is 1160. The lowest BCUT2D eigenvalue weighted by Gasteiger charge is -2.35. The number of unbranched alkanes of at least 4 members (excludes halogenated alkanes) is 2. The van der Waals surface area contributed by atoms with Crippen molar-refractivity contribution in [2.75, 3.05) is 32.8 Å². The molecule has 0 unspecified atom stereocenters. The van der Waals surface area contributed by atoms with Crippen molar-refractivity contribution in [1.82, 2.24) is 4.57 Å². The number of aryl methyl sites for hydroxylation is 2. The molecule has 1 aromatic heterocycles. The summed E-state index contributed by atoms with van der Waals surface area (Å²) in [4.78, 5) is 0. The van der Waals surface area contributed by atoms with E-state index >= 15 is 0 Å². The Morgan fingerprint density at radius 3 is 1.76 bits per heavy atom. The molecule has 0 aliphatic heterocycles. The normalized spacial score (nSPS) is 12.0. The summed E-state index contributed by atoms with van der Waals surface area (Å²) in [7, 11) is 0. The molecule has 1 heterocycles. The summed E-state index contributed by atoms with van der Waals surface area (Å²) in [5, 5.41) is 2.63. The quantitative estimate of drug-likeness (QED) is 0.165. The molecule has 0 saturated heterocycles.